The fourth-order valence-corrected chi connectivity index (χ4v) is 3.15. The van der Waals surface area contributed by atoms with E-state index < -0.39 is 18.5 Å². The summed E-state index contributed by atoms with van der Waals surface area (Å²) in [6.45, 7) is -0.273. The second-order valence-corrected chi connectivity index (χ2v) is 6.96. The van der Waals surface area contributed by atoms with Crippen LogP contribution in [0.1, 0.15) is 12.8 Å². The van der Waals surface area contributed by atoms with E-state index in [0.717, 1.165) is 9.80 Å². The molecule has 1 aromatic carbocycles. The van der Waals surface area contributed by atoms with Gasteiger partial charge in [0.05, 0.1) is 17.5 Å². The molecule has 1 aromatic rings. The van der Waals surface area contributed by atoms with Crippen LogP contribution in [0.5, 0.6) is 0 Å². The molecule has 0 aromatic heterocycles. The van der Waals surface area contributed by atoms with Gasteiger partial charge in [-0.1, -0.05) is 12.1 Å². The molecule has 0 bridgehead atoms. The Morgan fingerprint density at radius 2 is 2.07 bits per heavy atom. The number of carbonyl (C=O) groups excluding carboxylic acids is 4. The van der Waals surface area contributed by atoms with Crippen molar-refractivity contribution in [3.05, 3.63) is 24.3 Å². The van der Waals surface area contributed by atoms with Gasteiger partial charge in [-0.3, -0.25) is 19.3 Å². The molecule has 4 amide bonds. The van der Waals surface area contributed by atoms with Gasteiger partial charge in [0, 0.05) is 24.9 Å². The summed E-state index contributed by atoms with van der Waals surface area (Å²) in [6, 6.07) is 8.65. The standard InChI is InChI=1S/C18H20N4O5S/c1-21-11-16(24)22(18(21)26)9-4-7-17(25)27-12-15(23)20-13-5-2-3-6-14(13)28-10-8-19/h2-3,5-6H,4,7,9-12H2,1H3,(H,20,23). The number of nitrogens with zero attached hydrogens (tertiary/aromatic N) is 3. The normalized spacial score (nSPS) is 13.4. The molecule has 28 heavy (non-hydrogen) atoms. The fraction of sp³-hybridized carbons (Fsp3) is 0.389. The van der Waals surface area contributed by atoms with Crippen molar-refractivity contribution in [1.82, 2.24) is 9.80 Å². The number of thioether (sulfide) groups is 1. The van der Waals surface area contributed by atoms with Crippen LogP contribution in [0, 0.1) is 11.3 Å². The largest absolute Gasteiger partial charge is 0.456 e. The van der Waals surface area contributed by atoms with E-state index >= 15 is 0 Å². The number of urea groups is 1. The maximum Gasteiger partial charge on any atom is 0.326 e. The maximum absolute atomic E-state index is 12.0. The van der Waals surface area contributed by atoms with Crippen molar-refractivity contribution in [3.8, 4) is 6.07 Å². The number of carbonyl (C=O) groups is 4. The first-order valence-electron chi connectivity index (χ1n) is 8.52. The summed E-state index contributed by atoms with van der Waals surface area (Å²) < 4.78 is 4.93. The molecule has 1 N–H and O–H groups in total. The van der Waals surface area contributed by atoms with Gasteiger partial charge in [-0.25, -0.2) is 4.79 Å². The smallest absolute Gasteiger partial charge is 0.326 e. The van der Waals surface area contributed by atoms with E-state index in [4.69, 9.17) is 10.00 Å². The highest BCUT2D eigenvalue weighted by Crippen LogP contribution is 2.26. The Bertz CT molecular complexity index is 807. The molecule has 0 saturated carbocycles. The van der Waals surface area contributed by atoms with E-state index in [1.54, 1.807) is 24.3 Å². The van der Waals surface area contributed by atoms with Crippen molar-refractivity contribution in [2.45, 2.75) is 17.7 Å². The summed E-state index contributed by atoms with van der Waals surface area (Å²) in [6.07, 6.45) is 0.252. The minimum atomic E-state index is -0.588. The number of esters is 1. The molecule has 2 rings (SSSR count). The lowest BCUT2D eigenvalue weighted by molar-refractivity contribution is -0.147. The number of nitriles is 1. The van der Waals surface area contributed by atoms with Crippen LogP contribution in [0.3, 0.4) is 0 Å². The molecule has 0 aliphatic carbocycles. The lowest BCUT2D eigenvalue weighted by Crippen LogP contribution is -2.32. The molecule has 1 aliphatic heterocycles. The van der Waals surface area contributed by atoms with Gasteiger partial charge in [0.1, 0.15) is 6.54 Å². The van der Waals surface area contributed by atoms with Gasteiger partial charge in [-0.05, 0) is 18.6 Å². The van der Waals surface area contributed by atoms with Crippen LogP contribution in [0.15, 0.2) is 29.2 Å². The molecular weight excluding hydrogens is 384 g/mol. The van der Waals surface area contributed by atoms with E-state index in [1.165, 1.54) is 23.7 Å². The first kappa shape index (κ1) is 21.2. The number of nitrogens with one attached hydrogen (secondary N) is 1. The Morgan fingerprint density at radius 1 is 1.32 bits per heavy atom. The van der Waals surface area contributed by atoms with E-state index in [1.807, 2.05) is 6.07 Å². The minimum Gasteiger partial charge on any atom is -0.456 e. The van der Waals surface area contributed by atoms with Gasteiger partial charge in [-0.15, -0.1) is 11.8 Å². The van der Waals surface area contributed by atoms with Crippen molar-refractivity contribution < 1.29 is 23.9 Å². The number of imide groups is 1. The van der Waals surface area contributed by atoms with Gasteiger partial charge in [0.25, 0.3) is 5.91 Å². The molecule has 1 aliphatic rings. The molecule has 1 heterocycles. The number of rotatable bonds is 9. The molecule has 0 radical (unpaired) electrons. The topological polar surface area (TPSA) is 120 Å². The summed E-state index contributed by atoms with van der Waals surface area (Å²) in [5, 5.41) is 11.3. The first-order chi connectivity index (χ1) is 13.4. The number of ether oxygens (including phenoxy) is 1. The van der Waals surface area contributed by atoms with E-state index in [-0.39, 0.29) is 43.6 Å². The zero-order chi connectivity index (χ0) is 20.5. The fourth-order valence-electron chi connectivity index (χ4n) is 2.48. The quantitative estimate of drug-likeness (QED) is 0.376. The Balaban J connectivity index is 1.71. The zero-order valence-electron chi connectivity index (χ0n) is 15.3. The lowest BCUT2D eigenvalue weighted by atomic mass is 10.3. The maximum atomic E-state index is 12.0. The molecule has 9 nitrogen and oxygen atoms in total. The van der Waals surface area contributed by atoms with Crippen LogP contribution in [-0.2, 0) is 19.1 Å². The second kappa shape index (κ2) is 10.3. The van der Waals surface area contributed by atoms with Crippen LogP contribution >= 0.6 is 11.8 Å². The summed E-state index contributed by atoms with van der Waals surface area (Å²) in [5.41, 5.74) is 0.541. The molecule has 0 unspecified atom stereocenters. The molecule has 0 spiro atoms. The van der Waals surface area contributed by atoms with Crippen molar-refractivity contribution in [1.29, 1.82) is 5.26 Å². The molecular formula is C18H20N4O5S. The van der Waals surface area contributed by atoms with Gasteiger partial charge < -0.3 is 15.0 Å². The number of benzene rings is 1. The van der Waals surface area contributed by atoms with E-state index in [2.05, 4.69) is 5.32 Å². The van der Waals surface area contributed by atoms with Crippen LogP contribution in [0.4, 0.5) is 10.5 Å². The molecule has 1 fully saturated rings. The number of hydrogen-bond acceptors (Lipinski definition) is 7. The summed E-state index contributed by atoms with van der Waals surface area (Å²) in [5.74, 6) is -1.13. The average molecular weight is 404 g/mol. The summed E-state index contributed by atoms with van der Waals surface area (Å²) >= 11 is 1.29. The lowest BCUT2D eigenvalue weighted by Gasteiger charge is -2.13. The molecule has 148 valence electrons. The van der Waals surface area contributed by atoms with Crippen molar-refractivity contribution in [2.75, 3.05) is 37.8 Å². The van der Waals surface area contributed by atoms with Gasteiger partial charge >= 0.3 is 12.0 Å². The summed E-state index contributed by atoms with van der Waals surface area (Å²) in [4.78, 5) is 50.2. The van der Waals surface area contributed by atoms with Gasteiger partial charge in [-0.2, -0.15) is 5.26 Å². The van der Waals surface area contributed by atoms with Crippen LogP contribution < -0.4 is 5.32 Å². The Morgan fingerprint density at radius 3 is 2.75 bits per heavy atom. The van der Waals surface area contributed by atoms with E-state index in [9.17, 15) is 19.2 Å². The number of amides is 4. The first-order valence-corrected chi connectivity index (χ1v) is 9.50. The highest BCUT2D eigenvalue weighted by molar-refractivity contribution is 7.99. The van der Waals surface area contributed by atoms with Crippen LogP contribution in [-0.4, -0.2) is 66.1 Å². The Kier molecular flexibility index (Phi) is 7.83. The third-order valence-corrected chi connectivity index (χ3v) is 4.75. The Labute approximate surface area is 166 Å². The van der Waals surface area contributed by atoms with E-state index in [0.29, 0.717) is 5.69 Å². The number of anilines is 1. The zero-order valence-corrected chi connectivity index (χ0v) is 16.2. The van der Waals surface area contributed by atoms with Crippen molar-refractivity contribution in [3.63, 3.8) is 0 Å². The Hall–Kier alpha value is -3.06. The van der Waals surface area contributed by atoms with Crippen LogP contribution in [0.2, 0.25) is 0 Å². The molecule has 1 saturated heterocycles. The second-order valence-electron chi connectivity index (χ2n) is 5.94. The number of likely N-dealkylation sites (N-methyl/N-ethyl adjacent to an activating group) is 1. The number of para-hydroxylation sites is 1. The number of hydrogen-bond donors (Lipinski definition) is 1. The monoisotopic (exact) mass is 404 g/mol. The highest BCUT2D eigenvalue weighted by Gasteiger charge is 2.32. The summed E-state index contributed by atoms with van der Waals surface area (Å²) in [7, 11) is 1.53. The van der Waals surface area contributed by atoms with Gasteiger partial charge in [0.15, 0.2) is 6.61 Å². The minimum absolute atomic E-state index is 0.0112. The molecule has 10 heteroatoms. The van der Waals surface area contributed by atoms with Crippen LogP contribution in [0.25, 0.3) is 0 Å². The van der Waals surface area contributed by atoms with Crippen molar-refractivity contribution in [2.24, 2.45) is 0 Å². The SMILES string of the molecule is CN1CC(=O)N(CCCC(=O)OCC(=O)Nc2ccccc2SCC#N)C1=O. The predicted molar refractivity (Wildman–Crippen MR) is 101 cm³/mol. The molecule has 0 atom stereocenters. The average Bonchev–Trinajstić information content (AvgIpc) is 2.91. The predicted octanol–water partition coefficient (Wildman–Crippen LogP) is 1.46. The highest BCUT2D eigenvalue weighted by atomic mass is 32.2. The third kappa shape index (κ3) is 5.99. The van der Waals surface area contributed by atoms with Crippen molar-refractivity contribution >= 4 is 41.3 Å². The van der Waals surface area contributed by atoms with Gasteiger partial charge in [0.2, 0.25) is 5.91 Å². The third-order valence-electron chi connectivity index (χ3n) is 3.81.